The smallest absolute Gasteiger partial charge is 0.317 e. The van der Waals surface area contributed by atoms with E-state index in [1.54, 1.807) is 6.92 Å². The van der Waals surface area contributed by atoms with E-state index in [0.29, 0.717) is 24.9 Å². The SMILES string of the molecule is CCN(CC(=O)O)C1CC(NC(=O)CC(C)c2ccc(F)cc2F)C1. The number of likely N-dealkylation sites (N-methyl/N-ethyl adjacent to an activating group) is 1. The van der Waals surface area contributed by atoms with Crippen molar-refractivity contribution in [1.82, 2.24) is 10.2 Å². The molecule has 25 heavy (non-hydrogen) atoms. The number of carbonyl (C=O) groups excluding carboxylic acids is 1. The van der Waals surface area contributed by atoms with E-state index in [9.17, 15) is 18.4 Å². The number of aliphatic carboxylic acids is 1. The largest absolute Gasteiger partial charge is 0.480 e. The van der Waals surface area contributed by atoms with Crippen molar-refractivity contribution in [2.24, 2.45) is 0 Å². The Hall–Kier alpha value is -2.02. The maximum atomic E-state index is 13.7. The Labute approximate surface area is 146 Å². The molecule has 0 spiro atoms. The lowest BCUT2D eigenvalue weighted by atomic mass is 9.85. The van der Waals surface area contributed by atoms with Gasteiger partial charge in [-0.1, -0.05) is 19.9 Å². The highest BCUT2D eigenvalue weighted by Gasteiger charge is 2.34. The first-order valence-corrected chi connectivity index (χ1v) is 8.50. The van der Waals surface area contributed by atoms with E-state index in [0.717, 1.165) is 6.07 Å². The van der Waals surface area contributed by atoms with E-state index >= 15 is 0 Å². The molecular formula is C18H24F2N2O3. The van der Waals surface area contributed by atoms with Gasteiger partial charge in [-0.25, -0.2) is 8.78 Å². The van der Waals surface area contributed by atoms with Crippen molar-refractivity contribution in [3.63, 3.8) is 0 Å². The number of amides is 1. The van der Waals surface area contributed by atoms with E-state index in [2.05, 4.69) is 5.32 Å². The molecule has 138 valence electrons. The van der Waals surface area contributed by atoms with Crippen LogP contribution in [-0.2, 0) is 9.59 Å². The molecular weight excluding hydrogens is 330 g/mol. The van der Waals surface area contributed by atoms with Crippen molar-refractivity contribution in [1.29, 1.82) is 0 Å². The number of halogens is 2. The second-order valence-electron chi connectivity index (χ2n) is 6.62. The van der Waals surface area contributed by atoms with Crippen molar-refractivity contribution in [3.05, 3.63) is 35.4 Å². The summed E-state index contributed by atoms with van der Waals surface area (Å²) in [6, 6.07) is 3.56. The number of benzene rings is 1. The molecule has 2 N–H and O–H groups in total. The molecule has 1 saturated carbocycles. The third-order valence-electron chi connectivity index (χ3n) is 4.72. The van der Waals surface area contributed by atoms with Gasteiger partial charge in [0.2, 0.25) is 5.91 Å². The highest BCUT2D eigenvalue weighted by Crippen LogP contribution is 2.27. The van der Waals surface area contributed by atoms with Crippen LogP contribution in [0.1, 0.15) is 44.6 Å². The van der Waals surface area contributed by atoms with Crippen molar-refractivity contribution < 1.29 is 23.5 Å². The summed E-state index contributed by atoms with van der Waals surface area (Å²) in [6.45, 7) is 4.29. The summed E-state index contributed by atoms with van der Waals surface area (Å²) >= 11 is 0. The van der Waals surface area contributed by atoms with Crippen LogP contribution in [0, 0.1) is 11.6 Å². The fourth-order valence-corrected chi connectivity index (χ4v) is 3.25. The summed E-state index contributed by atoms with van der Waals surface area (Å²) in [6.07, 6.45) is 1.55. The van der Waals surface area contributed by atoms with Gasteiger partial charge in [0.25, 0.3) is 0 Å². The lowest BCUT2D eigenvalue weighted by Crippen LogP contribution is -2.54. The zero-order chi connectivity index (χ0) is 18.6. The minimum Gasteiger partial charge on any atom is -0.480 e. The van der Waals surface area contributed by atoms with Gasteiger partial charge < -0.3 is 10.4 Å². The van der Waals surface area contributed by atoms with Crippen LogP contribution >= 0.6 is 0 Å². The zero-order valence-electron chi connectivity index (χ0n) is 14.5. The van der Waals surface area contributed by atoms with Gasteiger partial charge in [-0.3, -0.25) is 14.5 Å². The minimum atomic E-state index is -0.857. The molecule has 0 aliphatic heterocycles. The lowest BCUT2D eigenvalue weighted by molar-refractivity contribution is -0.139. The highest BCUT2D eigenvalue weighted by molar-refractivity contribution is 5.77. The molecule has 1 amide bonds. The van der Waals surface area contributed by atoms with E-state index in [4.69, 9.17) is 5.11 Å². The summed E-state index contributed by atoms with van der Waals surface area (Å²) in [5.74, 6) is -2.67. The van der Waals surface area contributed by atoms with Crippen LogP contribution in [0.25, 0.3) is 0 Å². The van der Waals surface area contributed by atoms with Gasteiger partial charge in [-0.2, -0.15) is 0 Å². The first-order valence-electron chi connectivity index (χ1n) is 8.50. The summed E-state index contributed by atoms with van der Waals surface area (Å²) in [4.78, 5) is 24.8. The molecule has 0 aromatic heterocycles. The number of carboxylic acids is 1. The van der Waals surface area contributed by atoms with E-state index in [1.807, 2.05) is 11.8 Å². The van der Waals surface area contributed by atoms with Crippen molar-refractivity contribution in [2.45, 2.75) is 51.1 Å². The normalized spacial score (nSPS) is 20.8. The van der Waals surface area contributed by atoms with Crippen LogP contribution in [0.3, 0.4) is 0 Å². The van der Waals surface area contributed by atoms with Crippen LogP contribution in [-0.4, -0.2) is 47.1 Å². The number of nitrogens with zero attached hydrogens (tertiary/aromatic N) is 1. The van der Waals surface area contributed by atoms with Gasteiger partial charge in [0.05, 0.1) is 6.54 Å². The van der Waals surface area contributed by atoms with Crippen LogP contribution in [0.2, 0.25) is 0 Å². The molecule has 1 aromatic carbocycles. The maximum Gasteiger partial charge on any atom is 0.317 e. The average Bonchev–Trinajstić information content (AvgIpc) is 2.48. The Morgan fingerprint density at radius 3 is 2.60 bits per heavy atom. The van der Waals surface area contributed by atoms with Crippen molar-refractivity contribution in [2.75, 3.05) is 13.1 Å². The number of hydrogen-bond acceptors (Lipinski definition) is 3. The topological polar surface area (TPSA) is 69.6 Å². The highest BCUT2D eigenvalue weighted by atomic mass is 19.1. The van der Waals surface area contributed by atoms with E-state index < -0.39 is 17.6 Å². The van der Waals surface area contributed by atoms with Crippen molar-refractivity contribution in [3.8, 4) is 0 Å². The van der Waals surface area contributed by atoms with E-state index in [-0.39, 0.29) is 36.9 Å². The first-order chi connectivity index (χ1) is 11.8. The number of hydrogen-bond donors (Lipinski definition) is 2. The van der Waals surface area contributed by atoms with Gasteiger partial charge in [-0.15, -0.1) is 0 Å². The summed E-state index contributed by atoms with van der Waals surface area (Å²) in [7, 11) is 0. The Morgan fingerprint density at radius 2 is 2.04 bits per heavy atom. The third-order valence-corrected chi connectivity index (χ3v) is 4.72. The fraction of sp³-hybridized carbons (Fsp3) is 0.556. The number of nitrogens with one attached hydrogen (secondary N) is 1. The standard InChI is InChI=1S/C18H24F2N2O3/c1-3-22(10-18(24)25)14-8-13(9-14)21-17(23)6-11(2)15-5-4-12(19)7-16(15)20/h4-5,7,11,13-14H,3,6,8-10H2,1-2H3,(H,21,23)(H,24,25). The summed E-state index contributed by atoms with van der Waals surface area (Å²) in [5.41, 5.74) is 0.321. The molecule has 0 saturated heterocycles. The molecule has 1 unspecified atom stereocenters. The Bertz CT molecular complexity index is 633. The molecule has 5 nitrogen and oxygen atoms in total. The van der Waals surface area contributed by atoms with Gasteiger partial charge in [0.1, 0.15) is 11.6 Å². The monoisotopic (exact) mass is 354 g/mol. The predicted octanol–water partition coefficient (Wildman–Crippen LogP) is 2.51. The number of carbonyl (C=O) groups is 2. The quantitative estimate of drug-likeness (QED) is 0.753. The molecule has 1 aliphatic carbocycles. The zero-order valence-corrected chi connectivity index (χ0v) is 14.5. The molecule has 1 atom stereocenters. The lowest BCUT2D eigenvalue weighted by Gasteiger charge is -2.42. The van der Waals surface area contributed by atoms with Gasteiger partial charge in [-0.05, 0) is 36.9 Å². The van der Waals surface area contributed by atoms with Crippen molar-refractivity contribution >= 4 is 11.9 Å². The Morgan fingerprint density at radius 1 is 1.36 bits per heavy atom. The summed E-state index contributed by atoms with van der Waals surface area (Å²) in [5, 5.41) is 11.8. The van der Waals surface area contributed by atoms with Crippen LogP contribution in [0.5, 0.6) is 0 Å². The molecule has 2 rings (SSSR count). The minimum absolute atomic E-state index is 0.00269. The van der Waals surface area contributed by atoms with Crippen LogP contribution in [0.15, 0.2) is 18.2 Å². The summed E-state index contributed by atoms with van der Waals surface area (Å²) < 4.78 is 26.7. The van der Waals surface area contributed by atoms with Gasteiger partial charge in [0.15, 0.2) is 0 Å². The maximum absolute atomic E-state index is 13.7. The molecule has 1 fully saturated rings. The predicted molar refractivity (Wildman–Crippen MR) is 89.2 cm³/mol. The Balaban J connectivity index is 1.79. The van der Waals surface area contributed by atoms with Crippen LogP contribution in [0.4, 0.5) is 8.78 Å². The average molecular weight is 354 g/mol. The van der Waals surface area contributed by atoms with Gasteiger partial charge >= 0.3 is 5.97 Å². The second-order valence-corrected chi connectivity index (χ2v) is 6.62. The second kappa shape index (κ2) is 8.38. The third kappa shape index (κ3) is 5.22. The fourth-order valence-electron chi connectivity index (χ4n) is 3.25. The van der Waals surface area contributed by atoms with E-state index in [1.165, 1.54) is 12.1 Å². The number of carboxylic acid groups (broad SMARTS) is 1. The molecule has 7 heteroatoms. The van der Waals surface area contributed by atoms with Gasteiger partial charge in [0, 0.05) is 24.6 Å². The molecule has 1 aliphatic rings. The number of rotatable bonds is 8. The first kappa shape index (κ1) is 19.3. The molecule has 0 radical (unpaired) electrons. The molecule has 1 aromatic rings. The van der Waals surface area contributed by atoms with Crippen LogP contribution < -0.4 is 5.32 Å². The molecule has 0 heterocycles. The Kier molecular flexibility index (Phi) is 6.47. The molecule has 0 bridgehead atoms.